The van der Waals surface area contributed by atoms with E-state index in [9.17, 15) is 9.90 Å². The Morgan fingerprint density at radius 1 is 1.61 bits per heavy atom. The van der Waals surface area contributed by atoms with Crippen LogP contribution in [-0.2, 0) is 4.79 Å². The molecule has 98 valence electrons. The number of nitrogens with two attached hydrogens (primary N) is 1. The van der Waals surface area contributed by atoms with Crippen LogP contribution < -0.4 is 10.6 Å². The molecule has 1 aromatic heterocycles. The predicted molar refractivity (Wildman–Crippen MR) is 69.0 cm³/mol. The van der Waals surface area contributed by atoms with E-state index in [1.807, 2.05) is 12.1 Å². The molecule has 0 radical (unpaired) electrons. The molecule has 0 bridgehead atoms. The van der Waals surface area contributed by atoms with Crippen LogP contribution in [0.2, 0.25) is 0 Å². The summed E-state index contributed by atoms with van der Waals surface area (Å²) in [7, 11) is 0. The first-order valence-electron chi connectivity index (χ1n) is 6.26. The van der Waals surface area contributed by atoms with Crippen molar-refractivity contribution in [1.29, 1.82) is 0 Å². The van der Waals surface area contributed by atoms with Gasteiger partial charge in [0.15, 0.2) is 0 Å². The number of pyridine rings is 1. The molecule has 5 heteroatoms. The summed E-state index contributed by atoms with van der Waals surface area (Å²) in [5.74, 6) is 0.516. The highest BCUT2D eigenvalue weighted by Crippen LogP contribution is 2.22. The predicted octanol–water partition coefficient (Wildman–Crippen LogP) is 0.837. The molecule has 18 heavy (non-hydrogen) atoms. The maximum absolute atomic E-state index is 11.2. The van der Waals surface area contributed by atoms with E-state index in [1.54, 1.807) is 13.1 Å². The van der Waals surface area contributed by atoms with E-state index in [2.05, 4.69) is 9.88 Å². The third-order valence-corrected chi connectivity index (χ3v) is 3.40. The van der Waals surface area contributed by atoms with Crippen molar-refractivity contribution in [3.8, 4) is 0 Å². The molecule has 2 heterocycles. The monoisotopic (exact) mass is 249 g/mol. The lowest BCUT2D eigenvalue weighted by molar-refractivity contribution is -0.122. The van der Waals surface area contributed by atoms with Crippen LogP contribution in [0.25, 0.3) is 0 Å². The smallest absolute Gasteiger partial charge is 0.222 e. The zero-order valence-corrected chi connectivity index (χ0v) is 10.5. The first kappa shape index (κ1) is 12.8. The molecule has 1 aromatic rings. The zero-order chi connectivity index (χ0) is 13.1. The van der Waals surface area contributed by atoms with Gasteiger partial charge in [0, 0.05) is 19.3 Å². The number of aromatic nitrogens is 1. The first-order valence-corrected chi connectivity index (χ1v) is 6.26. The van der Waals surface area contributed by atoms with Crippen LogP contribution in [0.3, 0.4) is 0 Å². The van der Waals surface area contributed by atoms with Gasteiger partial charge in [-0.3, -0.25) is 4.79 Å². The van der Waals surface area contributed by atoms with Crippen molar-refractivity contribution in [2.75, 3.05) is 18.0 Å². The van der Waals surface area contributed by atoms with Crippen LogP contribution in [-0.4, -0.2) is 29.1 Å². The van der Waals surface area contributed by atoms with Crippen molar-refractivity contribution < 1.29 is 9.90 Å². The number of aliphatic hydroxyl groups is 1. The molecule has 1 aliphatic rings. The summed E-state index contributed by atoms with van der Waals surface area (Å²) >= 11 is 0. The molecular weight excluding hydrogens is 230 g/mol. The van der Waals surface area contributed by atoms with E-state index in [0.29, 0.717) is 6.54 Å². The largest absolute Gasteiger partial charge is 0.389 e. The maximum Gasteiger partial charge on any atom is 0.222 e. The Morgan fingerprint density at radius 2 is 2.39 bits per heavy atom. The van der Waals surface area contributed by atoms with Crippen LogP contribution >= 0.6 is 0 Å². The molecule has 2 atom stereocenters. The molecule has 0 aromatic carbocycles. The van der Waals surface area contributed by atoms with Gasteiger partial charge < -0.3 is 15.7 Å². The molecule has 1 aliphatic heterocycles. The van der Waals surface area contributed by atoms with E-state index < -0.39 is 6.10 Å². The number of anilines is 1. The highest BCUT2D eigenvalue weighted by atomic mass is 16.3. The second-order valence-electron chi connectivity index (χ2n) is 4.81. The summed E-state index contributed by atoms with van der Waals surface area (Å²) in [4.78, 5) is 17.6. The fourth-order valence-electron chi connectivity index (χ4n) is 2.25. The van der Waals surface area contributed by atoms with E-state index in [4.69, 9.17) is 5.73 Å². The Balaban J connectivity index is 2.09. The third kappa shape index (κ3) is 2.79. The van der Waals surface area contributed by atoms with E-state index in [0.717, 1.165) is 30.8 Å². The molecule has 1 amide bonds. The Hall–Kier alpha value is -1.62. The van der Waals surface area contributed by atoms with Crippen molar-refractivity contribution in [3.63, 3.8) is 0 Å². The van der Waals surface area contributed by atoms with Crippen molar-refractivity contribution in [3.05, 3.63) is 23.9 Å². The van der Waals surface area contributed by atoms with Gasteiger partial charge in [-0.15, -0.1) is 0 Å². The molecule has 0 aliphatic carbocycles. The lowest BCUT2D eigenvalue weighted by Gasteiger charge is -2.32. The normalized spacial score (nSPS) is 21.7. The number of aliphatic hydroxyl groups excluding tert-OH is 1. The van der Waals surface area contributed by atoms with Gasteiger partial charge >= 0.3 is 0 Å². The Labute approximate surface area is 107 Å². The Bertz CT molecular complexity index is 417. The van der Waals surface area contributed by atoms with Crippen molar-refractivity contribution in [2.45, 2.75) is 25.9 Å². The molecule has 1 unspecified atom stereocenters. The number of piperidine rings is 1. The van der Waals surface area contributed by atoms with Crippen molar-refractivity contribution >= 4 is 11.7 Å². The zero-order valence-electron chi connectivity index (χ0n) is 10.5. The molecule has 0 spiro atoms. The minimum absolute atomic E-state index is 0.0861. The maximum atomic E-state index is 11.2. The second kappa shape index (κ2) is 5.35. The molecule has 1 fully saturated rings. The number of nitrogens with zero attached hydrogens (tertiary/aromatic N) is 2. The topological polar surface area (TPSA) is 79.5 Å². The molecule has 0 saturated carbocycles. The van der Waals surface area contributed by atoms with Crippen LogP contribution in [0, 0.1) is 5.92 Å². The number of amides is 1. The summed E-state index contributed by atoms with van der Waals surface area (Å²) < 4.78 is 0. The van der Waals surface area contributed by atoms with Gasteiger partial charge in [-0.25, -0.2) is 4.98 Å². The summed E-state index contributed by atoms with van der Waals surface area (Å²) in [6.07, 6.45) is 2.98. The molecule has 2 rings (SSSR count). The second-order valence-corrected chi connectivity index (χ2v) is 4.81. The Kier molecular flexibility index (Phi) is 3.81. The van der Waals surface area contributed by atoms with Gasteiger partial charge in [0.25, 0.3) is 0 Å². The standard InChI is InChI=1S/C13H19N3O2/c1-9(17)10-4-5-12(15-7-10)16-6-2-3-11(8-16)13(14)18/h4-5,7,9,11,17H,2-3,6,8H2,1H3,(H2,14,18)/t9-,11?/m0/s1. The van der Waals surface area contributed by atoms with Crippen molar-refractivity contribution in [2.24, 2.45) is 11.7 Å². The number of primary amides is 1. The van der Waals surface area contributed by atoms with Crippen molar-refractivity contribution in [1.82, 2.24) is 4.98 Å². The minimum atomic E-state index is -0.508. The molecule has 3 N–H and O–H groups in total. The number of hydrogen-bond donors (Lipinski definition) is 2. The fraction of sp³-hybridized carbons (Fsp3) is 0.538. The average Bonchev–Trinajstić information content (AvgIpc) is 2.39. The van der Waals surface area contributed by atoms with Crippen LogP contribution in [0.1, 0.15) is 31.4 Å². The average molecular weight is 249 g/mol. The quantitative estimate of drug-likeness (QED) is 0.831. The Morgan fingerprint density at radius 3 is 2.94 bits per heavy atom. The highest BCUT2D eigenvalue weighted by Gasteiger charge is 2.24. The molecular formula is C13H19N3O2. The molecule has 1 saturated heterocycles. The van der Waals surface area contributed by atoms with Gasteiger partial charge in [0.05, 0.1) is 12.0 Å². The summed E-state index contributed by atoms with van der Waals surface area (Å²) in [5, 5.41) is 9.42. The van der Waals surface area contributed by atoms with Gasteiger partial charge in [-0.05, 0) is 31.4 Å². The highest BCUT2D eigenvalue weighted by molar-refractivity contribution is 5.77. The SMILES string of the molecule is C[C@H](O)c1ccc(N2CCCC(C(N)=O)C2)nc1. The fourth-order valence-corrected chi connectivity index (χ4v) is 2.25. The minimum Gasteiger partial charge on any atom is -0.389 e. The van der Waals surface area contributed by atoms with Crippen LogP contribution in [0.4, 0.5) is 5.82 Å². The van der Waals surface area contributed by atoms with Crippen LogP contribution in [0.15, 0.2) is 18.3 Å². The summed E-state index contributed by atoms with van der Waals surface area (Å²) in [6, 6.07) is 3.74. The van der Waals surface area contributed by atoms with Crippen LogP contribution in [0.5, 0.6) is 0 Å². The van der Waals surface area contributed by atoms with E-state index >= 15 is 0 Å². The van der Waals surface area contributed by atoms with E-state index in [-0.39, 0.29) is 11.8 Å². The van der Waals surface area contributed by atoms with Gasteiger partial charge in [-0.1, -0.05) is 6.07 Å². The summed E-state index contributed by atoms with van der Waals surface area (Å²) in [6.45, 7) is 3.24. The molecule has 5 nitrogen and oxygen atoms in total. The van der Waals surface area contributed by atoms with Gasteiger partial charge in [-0.2, -0.15) is 0 Å². The first-order chi connectivity index (χ1) is 8.58. The van der Waals surface area contributed by atoms with Gasteiger partial charge in [0.1, 0.15) is 5.82 Å². The number of hydrogen-bond acceptors (Lipinski definition) is 4. The number of carbonyl (C=O) groups excluding carboxylic acids is 1. The summed E-state index contributed by atoms with van der Waals surface area (Å²) in [5.41, 5.74) is 6.15. The lowest BCUT2D eigenvalue weighted by atomic mass is 9.97. The number of carbonyl (C=O) groups is 1. The lowest BCUT2D eigenvalue weighted by Crippen LogP contribution is -2.41. The van der Waals surface area contributed by atoms with Gasteiger partial charge in [0.2, 0.25) is 5.91 Å². The van der Waals surface area contributed by atoms with E-state index in [1.165, 1.54) is 0 Å². The number of rotatable bonds is 3. The third-order valence-electron chi connectivity index (χ3n) is 3.40.